The second-order valence-electron chi connectivity index (χ2n) is 2.85. The molecule has 2 heteroatoms. The van der Waals surface area contributed by atoms with E-state index < -0.39 is 0 Å². The van der Waals surface area contributed by atoms with Crippen LogP contribution in [0.1, 0.15) is 19.3 Å². The average molecular weight is 129 g/mol. The summed E-state index contributed by atoms with van der Waals surface area (Å²) in [5.41, 5.74) is 0. The molecule has 1 fully saturated rings. The van der Waals surface area contributed by atoms with Crippen LogP contribution >= 0.6 is 0 Å². The molecular formula is C7H15NO. The molecule has 9 heavy (non-hydrogen) atoms. The molecule has 0 radical (unpaired) electrons. The van der Waals surface area contributed by atoms with Gasteiger partial charge in [0.2, 0.25) is 0 Å². The fraction of sp³-hybridized carbons (Fsp3) is 1.00. The first-order valence-electron chi connectivity index (χ1n) is 3.65. The van der Waals surface area contributed by atoms with Crippen molar-refractivity contribution in [2.45, 2.75) is 25.3 Å². The lowest BCUT2D eigenvalue weighted by molar-refractivity contribution is 0.238. The van der Waals surface area contributed by atoms with Crippen LogP contribution in [0.25, 0.3) is 0 Å². The van der Waals surface area contributed by atoms with E-state index >= 15 is 0 Å². The average Bonchev–Trinajstić information content (AvgIpc) is 2.66. The van der Waals surface area contributed by atoms with Crippen LogP contribution in [-0.4, -0.2) is 24.8 Å². The highest BCUT2D eigenvalue weighted by molar-refractivity contribution is 4.78. The molecule has 1 aliphatic carbocycles. The summed E-state index contributed by atoms with van der Waals surface area (Å²) < 4.78 is 0. The van der Waals surface area contributed by atoms with E-state index in [1.165, 1.54) is 12.8 Å². The van der Waals surface area contributed by atoms with Gasteiger partial charge < -0.3 is 10.4 Å². The Bertz CT molecular complexity index is 77.0. The van der Waals surface area contributed by atoms with Gasteiger partial charge in [-0.3, -0.25) is 0 Å². The lowest BCUT2D eigenvalue weighted by atomic mass is 10.1. The molecule has 0 saturated heterocycles. The molecule has 0 spiro atoms. The Morgan fingerprint density at radius 1 is 1.67 bits per heavy atom. The smallest absolute Gasteiger partial charge is 0.0584 e. The maximum absolute atomic E-state index is 8.74. The third-order valence-electron chi connectivity index (χ3n) is 1.94. The first kappa shape index (κ1) is 7.03. The van der Waals surface area contributed by atoms with Crippen LogP contribution in [-0.2, 0) is 0 Å². The Morgan fingerprint density at radius 3 is 2.67 bits per heavy atom. The van der Waals surface area contributed by atoms with E-state index in [1.807, 2.05) is 7.05 Å². The molecule has 1 rings (SSSR count). The van der Waals surface area contributed by atoms with Crippen LogP contribution in [0.5, 0.6) is 0 Å². The van der Waals surface area contributed by atoms with Crippen molar-refractivity contribution in [1.82, 2.24) is 5.32 Å². The minimum Gasteiger partial charge on any atom is -0.395 e. The van der Waals surface area contributed by atoms with Crippen molar-refractivity contribution < 1.29 is 5.11 Å². The summed E-state index contributed by atoms with van der Waals surface area (Å²) in [5, 5.41) is 11.8. The molecule has 0 unspecified atom stereocenters. The van der Waals surface area contributed by atoms with Gasteiger partial charge >= 0.3 is 0 Å². The molecule has 0 amide bonds. The summed E-state index contributed by atoms with van der Waals surface area (Å²) in [6.07, 6.45) is 3.91. The monoisotopic (exact) mass is 129 g/mol. The summed E-state index contributed by atoms with van der Waals surface area (Å²) in [7, 11) is 1.91. The second kappa shape index (κ2) is 3.18. The number of hydrogen-bond acceptors (Lipinski definition) is 2. The van der Waals surface area contributed by atoms with Crippen LogP contribution in [0.4, 0.5) is 0 Å². The maximum atomic E-state index is 8.74. The third-order valence-corrected chi connectivity index (χ3v) is 1.94. The van der Waals surface area contributed by atoms with Gasteiger partial charge in [0.15, 0.2) is 0 Å². The first-order chi connectivity index (χ1) is 4.36. The molecule has 0 bridgehead atoms. The predicted molar refractivity (Wildman–Crippen MR) is 37.3 cm³/mol. The molecule has 0 aromatic carbocycles. The standard InChI is InChI=1S/C7H15NO/c1-8-7(5-9)4-6-2-3-6/h6-9H,2-5H2,1H3/t7-/m1/s1. The van der Waals surface area contributed by atoms with Gasteiger partial charge in [0, 0.05) is 6.04 Å². The minimum atomic E-state index is 0.285. The number of aliphatic hydroxyl groups excluding tert-OH is 1. The van der Waals surface area contributed by atoms with Gasteiger partial charge in [0.25, 0.3) is 0 Å². The van der Waals surface area contributed by atoms with Crippen LogP contribution < -0.4 is 5.32 Å². The van der Waals surface area contributed by atoms with Gasteiger partial charge in [0.1, 0.15) is 0 Å². The molecule has 1 saturated carbocycles. The van der Waals surface area contributed by atoms with Gasteiger partial charge in [-0.1, -0.05) is 12.8 Å². The van der Waals surface area contributed by atoms with Gasteiger partial charge in [-0.05, 0) is 19.4 Å². The lowest BCUT2D eigenvalue weighted by Crippen LogP contribution is -2.29. The third kappa shape index (κ3) is 2.33. The van der Waals surface area contributed by atoms with E-state index in [2.05, 4.69) is 5.32 Å². The van der Waals surface area contributed by atoms with Crippen LogP contribution in [0.2, 0.25) is 0 Å². The summed E-state index contributed by atoms with van der Waals surface area (Å²) >= 11 is 0. The minimum absolute atomic E-state index is 0.285. The largest absolute Gasteiger partial charge is 0.395 e. The molecule has 1 aliphatic rings. The van der Waals surface area contributed by atoms with Crippen molar-refractivity contribution in [3.63, 3.8) is 0 Å². The first-order valence-corrected chi connectivity index (χ1v) is 3.65. The van der Waals surface area contributed by atoms with Crippen molar-refractivity contribution >= 4 is 0 Å². The number of aliphatic hydroxyl groups is 1. The quantitative estimate of drug-likeness (QED) is 0.574. The Morgan fingerprint density at radius 2 is 2.33 bits per heavy atom. The normalized spacial score (nSPS) is 22.0. The fourth-order valence-corrected chi connectivity index (χ4v) is 1.04. The molecule has 2 N–H and O–H groups in total. The topological polar surface area (TPSA) is 32.3 Å². The van der Waals surface area contributed by atoms with Crippen LogP contribution in [0, 0.1) is 5.92 Å². The molecule has 0 aromatic rings. The van der Waals surface area contributed by atoms with Crippen LogP contribution in [0.15, 0.2) is 0 Å². The Hall–Kier alpha value is -0.0800. The predicted octanol–water partition coefficient (Wildman–Crippen LogP) is 0.367. The number of nitrogens with one attached hydrogen (secondary N) is 1. The van der Waals surface area contributed by atoms with E-state index in [4.69, 9.17) is 5.11 Å². The van der Waals surface area contributed by atoms with Gasteiger partial charge in [-0.2, -0.15) is 0 Å². The molecule has 1 atom stereocenters. The number of rotatable bonds is 4. The summed E-state index contributed by atoms with van der Waals surface area (Å²) in [6.45, 7) is 0.285. The van der Waals surface area contributed by atoms with E-state index in [-0.39, 0.29) is 6.61 Å². The highest BCUT2D eigenvalue weighted by atomic mass is 16.3. The zero-order chi connectivity index (χ0) is 6.69. The maximum Gasteiger partial charge on any atom is 0.0584 e. The van der Waals surface area contributed by atoms with Crippen molar-refractivity contribution in [3.8, 4) is 0 Å². The van der Waals surface area contributed by atoms with E-state index in [0.717, 1.165) is 12.3 Å². The number of likely N-dealkylation sites (N-methyl/N-ethyl adjacent to an activating group) is 1. The molecule has 0 aliphatic heterocycles. The second-order valence-corrected chi connectivity index (χ2v) is 2.85. The van der Waals surface area contributed by atoms with Gasteiger partial charge in [0.05, 0.1) is 6.61 Å². The summed E-state index contributed by atoms with van der Waals surface area (Å²) in [6, 6.07) is 0.345. The Labute approximate surface area is 56.3 Å². The summed E-state index contributed by atoms with van der Waals surface area (Å²) in [5.74, 6) is 0.912. The SMILES string of the molecule is CN[C@@H](CO)CC1CC1. The highest BCUT2D eigenvalue weighted by Gasteiger charge is 2.23. The number of hydrogen-bond donors (Lipinski definition) is 2. The zero-order valence-corrected chi connectivity index (χ0v) is 5.93. The van der Waals surface area contributed by atoms with Crippen molar-refractivity contribution in [2.24, 2.45) is 5.92 Å². The van der Waals surface area contributed by atoms with Gasteiger partial charge in [-0.25, -0.2) is 0 Å². The molecule has 54 valence electrons. The zero-order valence-electron chi connectivity index (χ0n) is 5.93. The Balaban J connectivity index is 2.05. The molecular weight excluding hydrogens is 114 g/mol. The summed E-state index contributed by atoms with van der Waals surface area (Å²) in [4.78, 5) is 0. The van der Waals surface area contributed by atoms with Gasteiger partial charge in [-0.15, -0.1) is 0 Å². The fourth-order valence-electron chi connectivity index (χ4n) is 1.04. The molecule has 0 aromatic heterocycles. The molecule has 2 nitrogen and oxygen atoms in total. The lowest BCUT2D eigenvalue weighted by Gasteiger charge is -2.10. The molecule has 0 heterocycles. The van der Waals surface area contributed by atoms with Crippen molar-refractivity contribution in [3.05, 3.63) is 0 Å². The van der Waals surface area contributed by atoms with E-state index in [9.17, 15) is 0 Å². The van der Waals surface area contributed by atoms with Crippen molar-refractivity contribution in [2.75, 3.05) is 13.7 Å². The van der Waals surface area contributed by atoms with Crippen molar-refractivity contribution in [1.29, 1.82) is 0 Å². The highest BCUT2D eigenvalue weighted by Crippen LogP contribution is 2.33. The Kier molecular flexibility index (Phi) is 2.49. The van der Waals surface area contributed by atoms with Crippen LogP contribution in [0.3, 0.4) is 0 Å². The van der Waals surface area contributed by atoms with E-state index in [0.29, 0.717) is 6.04 Å². The van der Waals surface area contributed by atoms with E-state index in [1.54, 1.807) is 0 Å².